The fraction of sp³-hybridized carbons (Fsp3) is 0.278. The zero-order valence-electron chi connectivity index (χ0n) is 13.4. The standard InChI is InChI=1S/C18H22N2O2S/c1-13(23-17-9-7-16(22-2)8-10-17)18(21)20-12-11-14-3-5-15(19)6-4-14/h3-10,13H,11-12,19H2,1-2H3,(H,20,21). The van der Waals surface area contributed by atoms with Crippen molar-refractivity contribution in [2.75, 3.05) is 19.4 Å². The molecule has 1 unspecified atom stereocenters. The molecule has 0 radical (unpaired) electrons. The summed E-state index contributed by atoms with van der Waals surface area (Å²) in [5, 5.41) is 2.83. The van der Waals surface area contributed by atoms with Crippen molar-refractivity contribution in [1.29, 1.82) is 0 Å². The Morgan fingerprint density at radius 2 is 1.83 bits per heavy atom. The average molecular weight is 330 g/mol. The summed E-state index contributed by atoms with van der Waals surface area (Å²) in [7, 11) is 1.64. The molecule has 23 heavy (non-hydrogen) atoms. The molecule has 2 aromatic carbocycles. The van der Waals surface area contributed by atoms with Gasteiger partial charge in [-0.2, -0.15) is 0 Å². The van der Waals surface area contributed by atoms with Crippen molar-refractivity contribution in [1.82, 2.24) is 5.32 Å². The molecule has 0 aliphatic rings. The molecule has 0 saturated heterocycles. The summed E-state index contributed by atoms with van der Waals surface area (Å²) in [6.45, 7) is 2.53. The van der Waals surface area contributed by atoms with Crippen LogP contribution in [0.2, 0.25) is 0 Å². The molecule has 4 nitrogen and oxygen atoms in total. The molecule has 0 fully saturated rings. The first-order valence-corrected chi connectivity index (χ1v) is 8.39. The van der Waals surface area contributed by atoms with E-state index in [1.807, 2.05) is 55.5 Å². The van der Waals surface area contributed by atoms with Gasteiger partial charge in [0.2, 0.25) is 5.91 Å². The highest BCUT2D eigenvalue weighted by molar-refractivity contribution is 8.00. The molecular formula is C18H22N2O2S. The quantitative estimate of drug-likeness (QED) is 0.605. The average Bonchev–Trinajstić information content (AvgIpc) is 2.57. The number of methoxy groups -OCH3 is 1. The molecule has 2 rings (SSSR count). The van der Waals surface area contributed by atoms with Crippen LogP contribution in [0.1, 0.15) is 12.5 Å². The lowest BCUT2D eigenvalue weighted by molar-refractivity contribution is -0.120. The van der Waals surface area contributed by atoms with Crippen LogP contribution in [0, 0.1) is 0 Å². The van der Waals surface area contributed by atoms with Crippen molar-refractivity contribution in [2.45, 2.75) is 23.5 Å². The van der Waals surface area contributed by atoms with Gasteiger partial charge in [0.05, 0.1) is 12.4 Å². The highest BCUT2D eigenvalue weighted by Crippen LogP contribution is 2.25. The number of ether oxygens (including phenoxy) is 1. The van der Waals surface area contributed by atoms with Crippen LogP contribution >= 0.6 is 11.8 Å². The van der Waals surface area contributed by atoms with Crippen molar-refractivity contribution in [2.24, 2.45) is 0 Å². The molecule has 1 amide bonds. The molecule has 0 aliphatic heterocycles. The van der Waals surface area contributed by atoms with E-state index in [1.165, 1.54) is 11.8 Å². The van der Waals surface area contributed by atoms with Gasteiger partial charge in [-0.15, -0.1) is 11.8 Å². The lowest BCUT2D eigenvalue weighted by Crippen LogP contribution is -2.32. The van der Waals surface area contributed by atoms with Crippen LogP contribution in [-0.4, -0.2) is 24.8 Å². The molecule has 122 valence electrons. The van der Waals surface area contributed by atoms with E-state index in [9.17, 15) is 4.79 Å². The van der Waals surface area contributed by atoms with Crippen LogP contribution in [0.4, 0.5) is 5.69 Å². The molecule has 3 N–H and O–H groups in total. The summed E-state index contributed by atoms with van der Waals surface area (Å²) in [6.07, 6.45) is 0.798. The maximum atomic E-state index is 12.1. The third kappa shape index (κ3) is 5.53. The number of amides is 1. The van der Waals surface area contributed by atoms with Crippen LogP contribution < -0.4 is 15.8 Å². The Balaban J connectivity index is 1.76. The van der Waals surface area contributed by atoms with Crippen LogP contribution in [-0.2, 0) is 11.2 Å². The molecule has 0 heterocycles. The highest BCUT2D eigenvalue weighted by Gasteiger charge is 2.13. The number of anilines is 1. The first-order valence-electron chi connectivity index (χ1n) is 7.51. The topological polar surface area (TPSA) is 64.3 Å². The van der Waals surface area contributed by atoms with Crippen LogP contribution in [0.5, 0.6) is 5.75 Å². The molecule has 1 atom stereocenters. The predicted octanol–water partition coefficient (Wildman–Crippen LogP) is 3.12. The number of nitrogen functional groups attached to an aromatic ring is 1. The van der Waals surface area contributed by atoms with Crippen LogP contribution in [0.25, 0.3) is 0 Å². The van der Waals surface area contributed by atoms with Gasteiger partial charge in [-0.3, -0.25) is 4.79 Å². The third-order valence-electron chi connectivity index (χ3n) is 3.43. The van der Waals surface area contributed by atoms with Gasteiger partial charge in [0.1, 0.15) is 5.75 Å². The summed E-state index contributed by atoms with van der Waals surface area (Å²) in [5.41, 5.74) is 7.57. The smallest absolute Gasteiger partial charge is 0.233 e. The van der Waals surface area contributed by atoms with Crippen LogP contribution in [0.3, 0.4) is 0 Å². The van der Waals surface area contributed by atoms with Crippen LogP contribution in [0.15, 0.2) is 53.4 Å². The van der Waals surface area contributed by atoms with E-state index < -0.39 is 0 Å². The second-order valence-electron chi connectivity index (χ2n) is 5.22. The summed E-state index contributed by atoms with van der Waals surface area (Å²) < 4.78 is 5.13. The fourth-order valence-corrected chi connectivity index (χ4v) is 2.96. The molecule has 0 bridgehead atoms. The number of thioether (sulfide) groups is 1. The maximum Gasteiger partial charge on any atom is 0.233 e. The number of carbonyl (C=O) groups is 1. The van der Waals surface area contributed by atoms with E-state index in [0.29, 0.717) is 6.54 Å². The summed E-state index contributed by atoms with van der Waals surface area (Å²) >= 11 is 1.53. The summed E-state index contributed by atoms with van der Waals surface area (Å²) in [4.78, 5) is 13.2. The van der Waals surface area contributed by atoms with Crippen molar-refractivity contribution >= 4 is 23.4 Å². The number of carbonyl (C=O) groups excluding carboxylic acids is 1. The summed E-state index contributed by atoms with van der Waals surface area (Å²) in [5.74, 6) is 0.858. The lowest BCUT2D eigenvalue weighted by Gasteiger charge is -2.12. The zero-order chi connectivity index (χ0) is 16.7. The first-order chi connectivity index (χ1) is 11.1. The third-order valence-corrected chi connectivity index (χ3v) is 4.55. The molecule has 5 heteroatoms. The van der Waals surface area contributed by atoms with Gasteiger partial charge in [0.15, 0.2) is 0 Å². The second kappa shape index (κ2) is 8.48. The monoisotopic (exact) mass is 330 g/mol. The Morgan fingerprint density at radius 3 is 2.43 bits per heavy atom. The second-order valence-corrected chi connectivity index (χ2v) is 6.63. The Hall–Kier alpha value is -2.14. The number of hydrogen-bond donors (Lipinski definition) is 2. The largest absolute Gasteiger partial charge is 0.497 e. The van der Waals surface area contributed by atoms with E-state index in [1.54, 1.807) is 7.11 Å². The Morgan fingerprint density at radius 1 is 1.17 bits per heavy atom. The number of hydrogen-bond acceptors (Lipinski definition) is 4. The van der Waals surface area contributed by atoms with Gasteiger partial charge >= 0.3 is 0 Å². The van der Waals surface area contributed by atoms with E-state index in [0.717, 1.165) is 28.3 Å². The molecule has 0 aliphatic carbocycles. The molecular weight excluding hydrogens is 308 g/mol. The van der Waals surface area contributed by atoms with Gasteiger partial charge in [-0.05, 0) is 55.3 Å². The van der Waals surface area contributed by atoms with E-state index in [2.05, 4.69) is 5.32 Å². The first kappa shape index (κ1) is 17.2. The minimum atomic E-state index is -0.144. The SMILES string of the molecule is COc1ccc(SC(C)C(=O)NCCc2ccc(N)cc2)cc1. The van der Waals surface area contributed by atoms with Gasteiger partial charge in [-0.25, -0.2) is 0 Å². The summed E-state index contributed by atoms with van der Waals surface area (Å²) in [6, 6.07) is 15.4. The normalized spacial score (nSPS) is 11.7. The van der Waals surface area contributed by atoms with Crippen molar-refractivity contribution < 1.29 is 9.53 Å². The predicted molar refractivity (Wildman–Crippen MR) is 95.9 cm³/mol. The number of nitrogens with two attached hydrogens (primary N) is 1. The molecule has 0 spiro atoms. The maximum absolute atomic E-state index is 12.1. The van der Waals surface area contributed by atoms with Crippen molar-refractivity contribution in [3.05, 3.63) is 54.1 Å². The Kier molecular flexibility index (Phi) is 6.35. The minimum Gasteiger partial charge on any atom is -0.497 e. The Bertz CT molecular complexity index is 626. The molecule has 0 saturated carbocycles. The van der Waals surface area contributed by atoms with Gasteiger partial charge < -0.3 is 15.8 Å². The van der Waals surface area contributed by atoms with Gasteiger partial charge in [0, 0.05) is 17.1 Å². The zero-order valence-corrected chi connectivity index (χ0v) is 14.2. The number of nitrogens with one attached hydrogen (secondary N) is 1. The molecule has 0 aromatic heterocycles. The van der Waals surface area contributed by atoms with Gasteiger partial charge in [-0.1, -0.05) is 12.1 Å². The minimum absolute atomic E-state index is 0.0428. The van der Waals surface area contributed by atoms with Crippen molar-refractivity contribution in [3.8, 4) is 5.75 Å². The van der Waals surface area contributed by atoms with Crippen molar-refractivity contribution in [3.63, 3.8) is 0 Å². The fourth-order valence-electron chi connectivity index (χ4n) is 2.07. The van der Waals surface area contributed by atoms with E-state index >= 15 is 0 Å². The Labute approximate surface area is 141 Å². The van der Waals surface area contributed by atoms with E-state index in [4.69, 9.17) is 10.5 Å². The highest BCUT2D eigenvalue weighted by atomic mass is 32.2. The number of rotatable bonds is 7. The lowest BCUT2D eigenvalue weighted by atomic mass is 10.1. The number of benzene rings is 2. The molecule has 2 aromatic rings. The van der Waals surface area contributed by atoms with E-state index in [-0.39, 0.29) is 11.2 Å². The van der Waals surface area contributed by atoms with Gasteiger partial charge in [0.25, 0.3) is 0 Å².